The van der Waals surface area contributed by atoms with Crippen LogP contribution in [-0.4, -0.2) is 165 Å². The van der Waals surface area contributed by atoms with Crippen LogP contribution in [0.1, 0.15) is 116 Å². The fraction of sp³-hybridized carbons (Fsp3) is 0.467. The van der Waals surface area contributed by atoms with Crippen molar-refractivity contribution in [3.63, 3.8) is 0 Å². The third-order valence-electron chi connectivity index (χ3n) is 13.7. The number of carbonyl (C=O) groups is 14. The van der Waals surface area contributed by atoms with Gasteiger partial charge in [-0.25, -0.2) is 9.59 Å². The smallest absolute Gasteiger partial charge is 0.326 e. The molecule has 28 heteroatoms. The second-order valence-corrected chi connectivity index (χ2v) is 22.3. The number of carbonyl (C=O) groups excluding carboxylic acids is 10. The Balaban J connectivity index is 1.51. The maximum atomic E-state index is 13.4. The summed E-state index contributed by atoms with van der Waals surface area (Å²) in [6, 6.07) is 9.91. The number of aliphatic carboxylic acids is 4. The van der Waals surface area contributed by atoms with Crippen molar-refractivity contribution in [3.05, 3.63) is 83.9 Å². The van der Waals surface area contributed by atoms with Crippen LogP contribution in [0.3, 0.4) is 0 Å². The van der Waals surface area contributed by atoms with E-state index in [9.17, 15) is 87.5 Å². The number of hydrogen-bond acceptors (Lipinski definition) is 14. The summed E-state index contributed by atoms with van der Waals surface area (Å²) in [7, 11) is 0. The summed E-state index contributed by atoms with van der Waals surface area (Å²) < 4.78 is 0. The molecule has 8 atom stereocenters. The monoisotopic (exact) mass is 1230 g/mol. The molecular weight excluding hydrogens is 1150 g/mol. The first-order valence-corrected chi connectivity index (χ1v) is 28.4. The van der Waals surface area contributed by atoms with Crippen molar-refractivity contribution in [2.24, 2.45) is 23.7 Å². The van der Waals surface area contributed by atoms with Crippen molar-refractivity contribution in [1.29, 1.82) is 0 Å². The highest BCUT2D eigenvalue weighted by Gasteiger charge is 2.35. The van der Waals surface area contributed by atoms with Crippen LogP contribution in [0, 0.1) is 23.7 Å². The van der Waals surface area contributed by atoms with Crippen molar-refractivity contribution < 1.29 is 87.5 Å². The fourth-order valence-electron chi connectivity index (χ4n) is 8.48. The topological polar surface area (TPSA) is 440 Å². The van der Waals surface area contributed by atoms with Gasteiger partial charge < -0.3 is 73.6 Å². The van der Waals surface area contributed by atoms with Gasteiger partial charge in [0, 0.05) is 24.0 Å². The molecule has 14 N–H and O–H groups in total. The molecule has 10 amide bonds. The van der Waals surface area contributed by atoms with E-state index in [1.807, 2.05) is 24.3 Å². The van der Waals surface area contributed by atoms with Gasteiger partial charge in [-0.2, -0.15) is 0 Å². The minimum absolute atomic E-state index is 0.222. The summed E-state index contributed by atoms with van der Waals surface area (Å²) in [5, 5.41) is 61.8. The maximum absolute atomic E-state index is 13.4. The fourth-order valence-corrected chi connectivity index (χ4v) is 8.48. The number of carboxylic acids is 4. The Morgan fingerprint density at radius 3 is 0.841 bits per heavy atom. The molecule has 0 aliphatic carbocycles. The van der Waals surface area contributed by atoms with E-state index in [0.717, 1.165) is 22.3 Å². The summed E-state index contributed by atoms with van der Waals surface area (Å²) in [5.74, 6) is -15.2. The molecule has 3 aromatic rings. The first kappa shape index (κ1) is 72.5. The van der Waals surface area contributed by atoms with E-state index in [2.05, 4.69) is 53.2 Å². The normalized spacial score (nSPS) is 13.8. The van der Waals surface area contributed by atoms with Gasteiger partial charge in [0.2, 0.25) is 47.3 Å². The van der Waals surface area contributed by atoms with Crippen molar-refractivity contribution >= 4 is 82.9 Å². The Hall–Kier alpha value is -9.76. The molecule has 0 fully saturated rings. The van der Waals surface area contributed by atoms with Gasteiger partial charge in [0.1, 0.15) is 48.3 Å². The Morgan fingerprint density at radius 1 is 0.330 bits per heavy atom. The van der Waals surface area contributed by atoms with Crippen LogP contribution in [0.25, 0.3) is 22.3 Å². The van der Waals surface area contributed by atoms with Gasteiger partial charge in [-0.1, -0.05) is 104 Å². The predicted molar refractivity (Wildman–Crippen MR) is 317 cm³/mol. The summed E-state index contributed by atoms with van der Waals surface area (Å²) in [4.78, 5) is 177. The second-order valence-electron chi connectivity index (χ2n) is 22.3. The van der Waals surface area contributed by atoms with E-state index in [4.69, 9.17) is 0 Å². The van der Waals surface area contributed by atoms with Crippen LogP contribution in [0.15, 0.2) is 72.8 Å². The number of hydrogen-bond donors (Lipinski definition) is 14. The lowest BCUT2D eigenvalue weighted by atomic mass is 9.99. The van der Waals surface area contributed by atoms with Crippen LogP contribution in [0.5, 0.6) is 0 Å². The van der Waals surface area contributed by atoms with Gasteiger partial charge in [0.25, 0.3) is 11.8 Å². The van der Waals surface area contributed by atoms with Crippen LogP contribution in [0.4, 0.5) is 0 Å². The quantitative estimate of drug-likeness (QED) is 0.0395. The van der Waals surface area contributed by atoms with Crippen molar-refractivity contribution in [2.45, 2.75) is 143 Å². The average molecular weight is 1230 g/mol. The minimum atomic E-state index is -1.45. The molecule has 3 aromatic carbocycles. The van der Waals surface area contributed by atoms with Gasteiger partial charge in [0.15, 0.2) is 0 Å². The Kier molecular flexibility index (Phi) is 28.3. The second kappa shape index (κ2) is 34.4. The van der Waals surface area contributed by atoms with Gasteiger partial charge in [0.05, 0.1) is 13.1 Å². The zero-order valence-electron chi connectivity index (χ0n) is 50.6. The Labute approximate surface area is 508 Å². The summed E-state index contributed by atoms with van der Waals surface area (Å²) in [6.07, 6.45) is -1.83. The molecule has 0 radical (unpaired) electrons. The first-order chi connectivity index (χ1) is 41.2. The summed E-state index contributed by atoms with van der Waals surface area (Å²) in [6.45, 7) is 14.2. The molecule has 0 unspecified atom stereocenters. The zero-order valence-corrected chi connectivity index (χ0v) is 50.6. The number of amides is 10. The minimum Gasteiger partial charge on any atom is -0.481 e. The van der Waals surface area contributed by atoms with E-state index in [-0.39, 0.29) is 24.0 Å². The van der Waals surface area contributed by atoms with E-state index in [0.29, 0.717) is 0 Å². The summed E-state index contributed by atoms with van der Waals surface area (Å²) >= 11 is 0. The van der Waals surface area contributed by atoms with Crippen LogP contribution in [0.2, 0.25) is 0 Å². The van der Waals surface area contributed by atoms with Crippen molar-refractivity contribution in [3.8, 4) is 22.3 Å². The SMILES string of the molecule is CC(C)[C@H](NC(=O)[C@H](CCC(=O)O)NC(=O)[C@@H](NC(=O)[C@H](C)NC(=O)CNC(=O)c1ccc(-c2ccc(-c3ccc(C(=O)NCC(=O)N[C@@H](C)C(=O)N[C@H](C(=O)N[C@@H](CCC(=O)O)C(=O)N[C@H](C(=O)O)C(C)C)C(C)C)cc3)cc2)cc1)C(C)C)C(=O)O. The molecule has 0 bridgehead atoms. The first-order valence-electron chi connectivity index (χ1n) is 28.4. The standard InChI is InChI=1S/C60H80N10O18/c1-29(2)47(57(83)65-41(23-25-45(73)74)55(81)69-49(31(5)6)59(85)86)67-51(77)33(9)63-43(71)27-61-53(79)39-19-15-37(16-20-39)35-11-13-36(14-12-35)38-17-21-40(22-18-38)54(80)62-28-44(72)64-34(10)52(78)68-48(30(3)4)58(84)66-42(24-26-46(75)76)56(82)70-50(32(7)8)60(87)88/h11-22,29-34,41-42,47-50H,23-28H2,1-10H3,(H,61,79)(H,62,80)(H,63,71)(H,64,72)(H,65,83)(H,66,84)(H,67,77)(H,68,78)(H,69,81)(H,70,82)(H,73,74)(H,75,76)(H,85,86)(H,87,88)/t33-,34-,41-,42-,47-,48-,49-,50-/m0/s1. The third-order valence-corrected chi connectivity index (χ3v) is 13.7. The lowest BCUT2D eigenvalue weighted by Crippen LogP contribution is -2.59. The molecule has 0 saturated carbocycles. The van der Waals surface area contributed by atoms with Crippen molar-refractivity contribution in [2.75, 3.05) is 13.1 Å². The van der Waals surface area contributed by atoms with E-state index in [1.54, 1.807) is 104 Å². The number of benzene rings is 3. The molecule has 88 heavy (non-hydrogen) atoms. The zero-order chi connectivity index (χ0) is 66.3. The molecular formula is C60H80N10O18. The lowest BCUT2D eigenvalue weighted by molar-refractivity contribution is -0.144. The molecule has 0 heterocycles. The van der Waals surface area contributed by atoms with Gasteiger partial charge in [-0.3, -0.25) is 57.5 Å². The predicted octanol–water partition coefficient (Wildman–Crippen LogP) is 0.921. The van der Waals surface area contributed by atoms with Gasteiger partial charge in [-0.05, 0) is 96.9 Å². The lowest BCUT2D eigenvalue weighted by Gasteiger charge is -2.27. The third kappa shape index (κ3) is 23.3. The molecule has 0 aliphatic heterocycles. The number of nitrogens with one attached hydrogen (secondary N) is 10. The molecule has 0 aromatic heterocycles. The Bertz CT molecular complexity index is 2820. The number of rotatable bonds is 34. The van der Waals surface area contributed by atoms with Crippen LogP contribution in [-0.2, 0) is 57.5 Å². The molecule has 0 aliphatic rings. The van der Waals surface area contributed by atoms with Gasteiger partial charge >= 0.3 is 23.9 Å². The van der Waals surface area contributed by atoms with E-state index >= 15 is 0 Å². The van der Waals surface area contributed by atoms with E-state index in [1.165, 1.54) is 13.8 Å². The highest BCUT2D eigenvalue weighted by Crippen LogP contribution is 2.26. The number of carboxylic acid groups (broad SMARTS) is 4. The summed E-state index contributed by atoms with van der Waals surface area (Å²) in [5.41, 5.74) is 3.54. The van der Waals surface area contributed by atoms with Gasteiger partial charge in [-0.15, -0.1) is 0 Å². The molecule has 478 valence electrons. The van der Waals surface area contributed by atoms with Crippen LogP contribution >= 0.6 is 0 Å². The molecule has 0 spiro atoms. The van der Waals surface area contributed by atoms with Crippen LogP contribution < -0.4 is 53.2 Å². The molecule has 0 saturated heterocycles. The largest absolute Gasteiger partial charge is 0.481 e. The maximum Gasteiger partial charge on any atom is 0.326 e. The van der Waals surface area contributed by atoms with Crippen molar-refractivity contribution in [1.82, 2.24) is 53.2 Å². The average Bonchev–Trinajstić information content (AvgIpc) is 2.79. The highest BCUT2D eigenvalue weighted by atomic mass is 16.4. The molecule has 28 nitrogen and oxygen atoms in total. The van der Waals surface area contributed by atoms with E-state index < -0.39 is 181 Å². The molecule has 3 rings (SSSR count). The highest BCUT2D eigenvalue weighted by molar-refractivity contribution is 6.00. The Morgan fingerprint density at radius 2 is 0.591 bits per heavy atom.